The normalized spacial score (nSPS) is 38.4. The summed E-state index contributed by atoms with van der Waals surface area (Å²) in [4.78, 5) is 0. The van der Waals surface area contributed by atoms with E-state index in [1.807, 2.05) is 0 Å². The molecule has 4 fully saturated rings. The first-order chi connectivity index (χ1) is 16.6. The Bertz CT molecular complexity index is 858. The molecular weight excluding hydrogens is 428 g/mol. The van der Waals surface area contributed by atoms with E-state index in [9.17, 15) is 5.11 Å². The van der Waals surface area contributed by atoms with Gasteiger partial charge in [-0.3, -0.25) is 0 Å². The van der Waals surface area contributed by atoms with Crippen LogP contribution in [0.4, 0.5) is 0 Å². The summed E-state index contributed by atoms with van der Waals surface area (Å²) < 4.78 is 24.8. The number of aliphatic hydroxyl groups is 1. The Balaban J connectivity index is 1.29. The minimum Gasteiger partial charge on any atom is -0.465 e. The first kappa shape index (κ1) is 23.3. The number of hydrogen-bond acceptors (Lipinski definition) is 5. The Kier molecular flexibility index (Phi) is 6.42. The Hall–Kier alpha value is -1.14. The summed E-state index contributed by atoms with van der Waals surface area (Å²) in [6.45, 7) is 5.05. The average Bonchev–Trinajstić information content (AvgIpc) is 3.45. The molecule has 1 aromatic rings. The summed E-state index contributed by atoms with van der Waals surface area (Å²) in [7, 11) is 0. The predicted octanol–water partition coefficient (Wildman–Crippen LogP) is 5.58. The van der Waals surface area contributed by atoms with Gasteiger partial charge in [-0.2, -0.15) is 0 Å². The summed E-state index contributed by atoms with van der Waals surface area (Å²) in [5.74, 6) is 3.14. The summed E-state index contributed by atoms with van der Waals surface area (Å²) >= 11 is 0. The molecule has 4 unspecified atom stereocenters. The van der Waals surface area contributed by atoms with Crippen molar-refractivity contribution in [1.29, 1.82) is 0 Å². The van der Waals surface area contributed by atoms with E-state index < -0.39 is 0 Å². The molecule has 0 amide bonds. The number of fused-ring (bicyclic) bond motifs is 6. The van der Waals surface area contributed by atoms with E-state index in [2.05, 4.69) is 25.1 Å². The SMILES string of the molecule is C[C@]12C[C@H](CCCCO)C3c4ccc(OC5CCCCO5)cc4CCC3C1CCC21OCCO1. The number of rotatable bonds is 6. The highest BCUT2D eigenvalue weighted by Gasteiger charge is 2.66. The zero-order chi connectivity index (χ0) is 23.2. The molecule has 1 aromatic carbocycles. The van der Waals surface area contributed by atoms with Crippen molar-refractivity contribution in [3.63, 3.8) is 0 Å². The van der Waals surface area contributed by atoms with Gasteiger partial charge < -0.3 is 24.1 Å². The van der Waals surface area contributed by atoms with Gasteiger partial charge in [-0.15, -0.1) is 0 Å². The van der Waals surface area contributed by atoms with Gasteiger partial charge in [0.2, 0.25) is 0 Å². The molecule has 1 N–H and O–H groups in total. The monoisotopic (exact) mass is 470 g/mol. The molecule has 6 atom stereocenters. The van der Waals surface area contributed by atoms with Crippen molar-refractivity contribution < 1.29 is 24.1 Å². The van der Waals surface area contributed by atoms with E-state index in [0.717, 1.165) is 70.5 Å². The summed E-state index contributed by atoms with van der Waals surface area (Å²) in [5, 5.41) is 9.46. The van der Waals surface area contributed by atoms with E-state index in [4.69, 9.17) is 18.9 Å². The molecule has 2 saturated carbocycles. The van der Waals surface area contributed by atoms with Crippen molar-refractivity contribution in [2.45, 2.75) is 95.5 Å². The number of aryl methyl sites for hydroxylation is 1. The molecule has 2 saturated heterocycles. The number of ether oxygens (including phenoxy) is 4. The van der Waals surface area contributed by atoms with Crippen molar-refractivity contribution in [1.82, 2.24) is 0 Å². The second kappa shape index (κ2) is 9.38. The number of benzene rings is 1. The largest absolute Gasteiger partial charge is 0.465 e. The van der Waals surface area contributed by atoms with Crippen LogP contribution in [0.1, 0.15) is 88.2 Å². The molecule has 3 aliphatic carbocycles. The zero-order valence-electron chi connectivity index (χ0n) is 20.8. The van der Waals surface area contributed by atoms with Crippen molar-refractivity contribution in [2.24, 2.45) is 23.2 Å². The molecule has 34 heavy (non-hydrogen) atoms. The fourth-order valence-corrected chi connectivity index (χ4v) is 8.57. The Labute approximate surface area is 204 Å². The zero-order valence-corrected chi connectivity index (χ0v) is 20.8. The molecule has 2 heterocycles. The number of hydrogen-bond donors (Lipinski definition) is 1. The van der Waals surface area contributed by atoms with E-state index in [0.29, 0.717) is 23.7 Å². The van der Waals surface area contributed by atoms with Gasteiger partial charge in [-0.25, -0.2) is 0 Å². The van der Waals surface area contributed by atoms with Gasteiger partial charge in [0.1, 0.15) is 5.75 Å². The van der Waals surface area contributed by atoms with Crippen LogP contribution in [0.5, 0.6) is 5.75 Å². The van der Waals surface area contributed by atoms with Crippen LogP contribution in [0.2, 0.25) is 0 Å². The van der Waals surface area contributed by atoms with Crippen LogP contribution in [-0.4, -0.2) is 43.6 Å². The van der Waals surface area contributed by atoms with E-state index in [-0.39, 0.29) is 24.1 Å². The van der Waals surface area contributed by atoms with Crippen molar-refractivity contribution in [3.8, 4) is 5.75 Å². The molecule has 0 bridgehead atoms. The van der Waals surface area contributed by atoms with Crippen molar-refractivity contribution in [3.05, 3.63) is 29.3 Å². The lowest BCUT2D eigenvalue weighted by Gasteiger charge is -2.56. The van der Waals surface area contributed by atoms with Crippen LogP contribution >= 0.6 is 0 Å². The minimum absolute atomic E-state index is 0.0907. The Morgan fingerprint density at radius 3 is 2.74 bits per heavy atom. The molecule has 6 rings (SSSR count). The fourth-order valence-electron chi connectivity index (χ4n) is 8.57. The predicted molar refractivity (Wildman–Crippen MR) is 130 cm³/mol. The van der Waals surface area contributed by atoms with Crippen LogP contribution in [-0.2, 0) is 20.6 Å². The molecule has 1 spiro atoms. The second-order valence-corrected chi connectivity index (χ2v) is 11.7. The first-order valence-corrected chi connectivity index (χ1v) is 13.9. The van der Waals surface area contributed by atoms with Crippen LogP contribution in [0.25, 0.3) is 0 Å². The van der Waals surface area contributed by atoms with Gasteiger partial charge >= 0.3 is 0 Å². The van der Waals surface area contributed by atoms with Crippen LogP contribution in [0, 0.1) is 23.2 Å². The standard InChI is InChI=1S/C29H42O5/c1-28-19-21(6-2-4-14-30)27-23-11-9-22(34-26-7-3-5-15-31-26)18-20(23)8-10-24(27)25(28)12-13-29(28)32-16-17-33-29/h9,11,18,21,24-27,30H,2-8,10,12-17,19H2,1H3/t21-,24?,25?,26?,27?,28-/m0/s1. The third kappa shape index (κ3) is 3.82. The maximum atomic E-state index is 9.46. The van der Waals surface area contributed by atoms with Gasteiger partial charge in [0.05, 0.1) is 19.8 Å². The average molecular weight is 471 g/mol. The third-order valence-electron chi connectivity index (χ3n) is 10.0. The summed E-state index contributed by atoms with van der Waals surface area (Å²) in [6, 6.07) is 6.87. The maximum Gasteiger partial charge on any atom is 0.199 e. The molecule has 5 heteroatoms. The van der Waals surface area contributed by atoms with E-state index >= 15 is 0 Å². The van der Waals surface area contributed by atoms with E-state index in [1.54, 1.807) is 5.56 Å². The van der Waals surface area contributed by atoms with Crippen LogP contribution < -0.4 is 4.74 Å². The van der Waals surface area contributed by atoms with Gasteiger partial charge in [-0.1, -0.05) is 19.4 Å². The first-order valence-electron chi connectivity index (χ1n) is 13.9. The van der Waals surface area contributed by atoms with Crippen molar-refractivity contribution >= 4 is 0 Å². The Morgan fingerprint density at radius 1 is 1.06 bits per heavy atom. The molecule has 5 nitrogen and oxygen atoms in total. The highest BCUT2D eigenvalue weighted by atomic mass is 16.7. The Morgan fingerprint density at radius 2 is 1.94 bits per heavy atom. The molecule has 0 radical (unpaired) electrons. The van der Waals surface area contributed by atoms with Crippen LogP contribution in [0.15, 0.2) is 18.2 Å². The minimum atomic E-state index is -0.365. The molecule has 5 aliphatic rings. The van der Waals surface area contributed by atoms with Crippen LogP contribution in [0.3, 0.4) is 0 Å². The molecule has 0 aromatic heterocycles. The lowest BCUT2D eigenvalue weighted by atomic mass is 9.50. The van der Waals surface area contributed by atoms with Crippen molar-refractivity contribution in [2.75, 3.05) is 26.4 Å². The van der Waals surface area contributed by atoms with Gasteiger partial charge in [-0.05, 0) is 98.3 Å². The summed E-state index contributed by atoms with van der Waals surface area (Å²) in [5.41, 5.74) is 3.12. The third-order valence-corrected chi connectivity index (χ3v) is 10.0. The lowest BCUT2D eigenvalue weighted by molar-refractivity contribution is -0.242. The second-order valence-electron chi connectivity index (χ2n) is 11.7. The molecular formula is C29H42O5. The maximum absolute atomic E-state index is 9.46. The molecule has 188 valence electrons. The highest BCUT2D eigenvalue weighted by Crippen LogP contribution is 2.68. The molecule has 2 aliphatic heterocycles. The lowest BCUT2D eigenvalue weighted by Crippen LogP contribution is -2.54. The quantitative estimate of drug-likeness (QED) is 0.550. The fraction of sp³-hybridized carbons (Fsp3) is 0.793. The topological polar surface area (TPSA) is 57.2 Å². The number of unbranched alkanes of at least 4 members (excludes halogenated alkanes) is 1. The summed E-state index contributed by atoms with van der Waals surface area (Å²) in [6.07, 6.45) is 12.2. The highest BCUT2D eigenvalue weighted by molar-refractivity contribution is 5.41. The van der Waals surface area contributed by atoms with Gasteiger partial charge in [0, 0.05) is 24.9 Å². The van der Waals surface area contributed by atoms with Gasteiger partial charge in [0.25, 0.3) is 0 Å². The smallest absolute Gasteiger partial charge is 0.199 e. The van der Waals surface area contributed by atoms with E-state index in [1.165, 1.54) is 31.2 Å². The van der Waals surface area contributed by atoms with Gasteiger partial charge in [0.15, 0.2) is 12.1 Å². The number of aliphatic hydroxyl groups excluding tert-OH is 1.